The molecule has 0 saturated carbocycles. The highest BCUT2D eigenvalue weighted by molar-refractivity contribution is 4.88. The molecular formula is C14H23N3. The zero-order valence-electron chi connectivity index (χ0n) is 11.5. The van der Waals surface area contributed by atoms with E-state index < -0.39 is 0 Å². The van der Waals surface area contributed by atoms with Crippen LogP contribution >= 0.6 is 0 Å². The summed E-state index contributed by atoms with van der Waals surface area (Å²) in [4.78, 5) is 0. The minimum absolute atomic E-state index is 0.0129. The molecule has 0 aliphatic carbocycles. The average Bonchev–Trinajstić information content (AvgIpc) is 2.23. The summed E-state index contributed by atoms with van der Waals surface area (Å²) in [6.45, 7) is 11.1. The summed E-state index contributed by atoms with van der Waals surface area (Å²) in [5.74, 6) is 0. The molecule has 0 spiro atoms. The van der Waals surface area contributed by atoms with Gasteiger partial charge in [-0.2, -0.15) is 10.5 Å². The predicted molar refractivity (Wildman–Crippen MR) is 68.6 cm³/mol. The maximum absolute atomic E-state index is 8.56. The highest BCUT2D eigenvalue weighted by Gasteiger charge is 2.22. The minimum atomic E-state index is -0.0129. The normalized spacial score (nSPS) is 11.9. The van der Waals surface area contributed by atoms with Crippen molar-refractivity contribution in [3.63, 3.8) is 0 Å². The molecule has 94 valence electrons. The number of nitriles is 2. The van der Waals surface area contributed by atoms with E-state index in [1.165, 1.54) is 0 Å². The monoisotopic (exact) mass is 233 g/mol. The number of rotatable bonds is 8. The molecule has 0 bridgehead atoms. The second-order valence-electron chi connectivity index (χ2n) is 5.94. The Balaban J connectivity index is 3.90. The molecule has 0 N–H and O–H groups in total. The summed E-state index contributed by atoms with van der Waals surface area (Å²) >= 11 is 0. The Hall–Kier alpha value is -1.06. The lowest BCUT2D eigenvalue weighted by molar-refractivity contribution is 0.296. The van der Waals surface area contributed by atoms with Crippen molar-refractivity contribution in [3.8, 4) is 12.1 Å². The summed E-state index contributed by atoms with van der Waals surface area (Å²) in [7, 11) is 0. The van der Waals surface area contributed by atoms with Crippen molar-refractivity contribution < 1.29 is 0 Å². The van der Waals surface area contributed by atoms with Crippen molar-refractivity contribution in [1.29, 1.82) is 10.5 Å². The molecule has 0 rings (SSSR count). The van der Waals surface area contributed by atoms with Gasteiger partial charge in [-0.25, -0.2) is 5.32 Å². The van der Waals surface area contributed by atoms with Crippen LogP contribution in [-0.4, -0.2) is 6.54 Å². The lowest BCUT2D eigenvalue weighted by Crippen LogP contribution is -2.27. The Bertz CT molecular complexity index is 262. The van der Waals surface area contributed by atoms with Gasteiger partial charge in [0.05, 0.1) is 12.1 Å². The van der Waals surface area contributed by atoms with Crippen molar-refractivity contribution in [2.75, 3.05) is 6.54 Å². The highest BCUT2D eigenvalue weighted by atomic mass is 14.9. The zero-order valence-corrected chi connectivity index (χ0v) is 11.5. The van der Waals surface area contributed by atoms with Crippen LogP contribution in [0.4, 0.5) is 0 Å². The fourth-order valence-corrected chi connectivity index (χ4v) is 1.46. The maximum atomic E-state index is 8.56. The second-order valence-corrected chi connectivity index (χ2v) is 5.94. The van der Waals surface area contributed by atoms with Gasteiger partial charge in [0, 0.05) is 25.9 Å². The SMILES string of the molecule is CC(C)([CH][N]CC(C)(C)CCC#N)CCC#N. The third kappa shape index (κ3) is 8.72. The first-order valence-electron chi connectivity index (χ1n) is 6.08. The van der Waals surface area contributed by atoms with Gasteiger partial charge in [-0.05, 0) is 23.7 Å². The predicted octanol–water partition coefficient (Wildman–Crippen LogP) is 3.41. The molecule has 0 saturated heterocycles. The van der Waals surface area contributed by atoms with Crippen molar-refractivity contribution >= 4 is 0 Å². The summed E-state index contributed by atoms with van der Waals surface area (Å²) in [6, 6.07) is 4.33. The topological polar surface area (TPSA) is 61.7 Å². The number of nitrogens with zero attached hydrogens (tertiary/aromatic N) is 3. The highest BCUT2D eigenvalue weighted by Crippen LogP contribution is 2.26. The molecule has 0 amide bonds. The Labute approximate surface area is 106 Å². The van der Waals surface area contributed by atoms with Gasteiger partial charge in [0.2, 0.25) is 0 Å². The number of hydrogen-bond acceptors (Lipinski definition) is 2. The van der Waals surface area contributed by atoms with Crippen LogP contribution in [0.3, 0.4) is 0 Å². The Morgan fingerprint density at radius 3 is 2.06 bits per heavy atom. The first-order chi connectivity index (χ1) is 7.83. The first kappa shape index (κ1) is 15.9. The third-order valence-corrected chi connectivity index (χ3v) is 2.75. The summed E-state index contributed by atoms with van der Waals surface area (Å²) in [6.07, 6.45) is 2.86. The van der Waals surface area contributed by atoms with Gasteiger partial charge in [0.1, 0.15) is 0 Å². The molecule has 0 atom stereocenters. The molecule has 0 fully saturated rings. The van der Waals surface area contributed by atoms with Crippen LogP contribution in [0.1, 0.15) is 53.4 Å². The van der Waals surface area contributed by atoms with Crippen molar-refractivity contribution in [2.45, 2.75) is 53.4 Å². The lowest BCUT2D eigenvalue weighted by atomic mass is 9.85. The van der Waals surface area contributed by atoms with E-state index in [0.717, 1.165) is 19.4 Å². The van der Waals surface area contributed by atoms with Gasteiger partial charge in [0.15, 0.2) is 0 Å². The van der Waals surface area contributed by atoms with E-state index >= 15 is 0 Å². The van der Waals surface area contributed by atoms with Gasteiger partial charge < -0.3 is 0 Å². The minimum Gasteiger partial charge on any atom is -0.236 e. The number of hydrogen-bond donors (Lipinski definition) is 0. The van der Waals surface area contributed by atoms with E-state index in [1.807, 2.05) is 6.54 Å². The van der Waals surface area contributed by atoms with E-state index in [2.05, 4.69) is 45.2 Å². The van der Waals surface area contributed by atoms with Crippen LogP contribution in [-0.2, 0) is 0 Å². The first-order valence-corrected chi connectivity index (χ1v) is 6.08. The van der Waals surface area contributed by atoms with E-state index in [1.54, 1.807) is 0 Å². The average molecular weight is 233 g/mol. The fourth-order valence-electron chi connectivity index (χ4n) is 1.46. The molecule has 17 heavy (non-hydrogen) atoms. The van der Waals surface area contributed by atoms with Crippen molar-refractivity contribution in [1.82, 2.24) is 5.32 Å². The van der Waals surface area contributed by atoms with E-state index in [9.17, 15) is 0 Å². The maximum Gasteiger partial charge on any atom is 0.0621 e. The van der Waals surface area contributed by atoms with Crippen LogP contribution in [0.15, 0.2) is 0 Å². The van der Waals surface area contributed by atoms with E-state index in [0.29, 0.717) is 12.8 Å². The quantitative estimate of drug-likeness (QED) is 0.645. The second kappa shape index (κ2) is 7.30. The van der Waals surface area contributed by atoms with E-state index in [4.69, 9.17) is 10.5 Å². The van der Waals surface area contributed by atoms with Crippen LogP contribution < -0.4 is 5.32 Å². The summed E-state index contributed by atoms with van der Waals surface area (Å²) < 4.78 is 0. The molecule has 0 aromatic rings. The molecular weight excluding hydrogens is 210 g/mol. The molecule has 0 aromatic heterocycles. The van der Waals surface area contributed by atoms with Crippen LogP contribution in [0.5, 0.6) is 0 Å². The largest absolute Gasteiger partial charge is 0.236 e. The van der Waals surface area contributed by atoms with Crippen molar-refractivity contribution in [3.05, 3.63) is 6.54 Å². The summed E-state index contributed by atoms with van der Waals surface area (Å²) in [5.41, 5.74) is 0.0680. The van der Waals surface area contributed by atoms with Crippen LogP contribution in [0.25, 0.3) is 0 Å². The molecule has 0 heterocycles. The Morgan fingerprint density at radius 2 is 1.53 bits per heavy atom. The summed E-state index contributed by atoms with van der Waals surface area (Å²) in [5, 5.41) is 21.6. The smallest absolute Gasteiger partial charge is 0.0621 e. The van der Waals surface area contributed by atoms with Gasteiger partial charge >= 0.3 is 0 Å². The lowest BCUT2D eigenvalue weighted by Gasteiger charge is -2.27. The standard InChI is InChI=1S/C14H23N3/c1-13(2,7-5-9-15)11-17-12-14(3,4)8-6-10-16/h11H,5-8,12H2,1-4H3. The molecule has 0 aromatic carbocycles. The Kier molecular flexibility index (Phi) is 6.85. The molecule has 0 aliphatic heterocycles. The molecule has 2 radical (unpaired) electrons. The van der Waals surface area contributed by atoms with Gasteiger partial charge in [-0.3, -0.25) is 0 Å². The van der Waals surface area contributed by atoms with Gasteiger partial charge in [0.25, 0.3) is 0 Å². The fraction of sp³-hybridized carbons (Fsp3) is 0.786. The van der Waals surface area contributed by atoms with Crippen molar-refractivity contribution in [2.24, 2.45) is 10.8 Å². The van der Waals surface area contributed by atoms with Crippen LogP contribution in [0.2, 0.25) is 0 Å². The molecule has 3 heteroatoms. The van der Waals surface area contributed by atoms with E-state index in [-0.39, 0.29) is 10.8 Å². The zero-order chi connectivity index (χ0) is 13.4. The van der Waals surface area contributed by atoms with Crippen LogP contribution in [0, 0.1) is 40.0 Å². The van der Waals surface area contributed by atoms with Gasteiger partial charge in [-0.15, -0.1) is 0 Å². The van der Waals surface area contributed by atoms with Gasteiger partial charge in [-0.1, -0.05) is 27.7 Å². The molecule has 3 nitrogen and oxygen atoms in total. The molecule has 0 unspecified atom stereocenters. The molecule has 0 aliphatic rings. The third-order valence-electron chi connectivity index (χ3n) is 2.75. The Morgan fingerprint density at radius 1 is 1.00 bits per heavy atom.